The van der Waals surface area contributed by atoms with Crippen LogP contribution < -0.4 is 10.6 Å². The standard InChI is InChI=1S/C36H31N5O7S2/c1-47-40-28(31(43)38-29-32(44)41-30(34(45)46)25(19-49-33(29)41)21-17-27(42)48-18-21)26-20-50-35(37-26)39-36(22-11-5-2-6-12-22,23-13-7-3-8-14-23)24-15-9-4-10-16-24/h2-16,20-21,29,33H,17-19H2,1H3,(H,37,39)(H,38,43)(H,45,46)/b40-28-/t21?,29-,33-/m1/s1. The molecule has 50 heavy (non-hydrogen) atoms. The van der Waals surface area contributed by atoms with Crippen LogP contribution in [0.25, 0.3) is 0 Å². The van der Waals surface area contributed by atoms with E-state index in [2.05, 4.69) is 15.8 Å². The fourth-order valence-electron chi connectivity index (χ4n) is 6.58. The molecule has 4 heterocycles. The summed E-state index contributed by atoms with van der Waals surface area (Å²) < 4.78 is 5.04. The number of carboxylic acid groups (broad SMARTS) is 1. The summed E-state index contributed by atoms with van der Waals surface area (Å²) in [5, 5.41) is 21.9. The minimum Gasteiger partial charge on any atom is -0.477 e. The van der Waals surface area contributed by atoms with E-state index in [0.717, 1.165) is 16.7 Å². The lowest BCUT2D eigenvalue weighted by Crippen LogP contribution is -2.71. The number of hydrogen-bond acceptors (Lipinski definition) is 11. The van der Waals surface area contributed by atoms with E-state index in [1.807, 2.05) is 91.0 Å². The van der Waals surface area contributed by atoms with Gasteiger partial charge in [0, 0.05) is 17.1 Å². The van der Waals surface area contributed by atoms with Gasteiger partial charge in [-0.25, -0.2) is 9.78 Å². The molecule has 0 bridgehead atoms. The first-order valence-corrected chi connectivity index (χ1v) is 17.6. The van der Waals surface area contributed by atoms with E-state index < -0.39 is 46.6 Å². The number of aliphatic carboxylic acids is 1. The van der Waals surface area contributed by atoms with Crippen LogP contribution in [0.5, 0.6) is 0 Å². The van der Waals surface area contributed by atoms with Crippen LogP contribution in [-0.4, -0.2) is 75.3 Å². The fraction of sp³-hybridized carbons (Fsp3) is 0.222. The molecular formula is C36H31N5O7S2. The Morgan fingerprint density at radius 2 is 1.58 bits per heavy atom. The number of amides is 2. The average molecular weight is 710 g/mol. The van der Waals surface area contributed by atoms with Gasteiger partial charge in [-0.05, 0) is 22.3 Å². The summed E-state index contributed by atoms with van der Waals surface area (Å²) >= 11 is 2.60. The molecule has 2 amide bonds. The number of nitrogens with zero attached hydrogens (tertiary/aromatic N) is 3. The molecule has 3 aromatic carbocycles. The number of β-lactam (4-membered cyclic amide) rings is 1. The number of cyclic esters (lactones) is 1. The molecule has 7 rings (SSSR count). The first-order chi connectivity index (χ1) is 24.3. The van der Waals surface area contributed by atoms with Gasteiger partial charge in [0.25, 0.3) is 11.8 Å². The summed E-state index contributed by atoms with van der Waals surface area (Å²) in [6, 6.07) is 29.0. The van der Waals surface area contributed by atoms with Crippen LogP contribution in [-0.2, 0) is 34.3 Å². The lowest BCUT2D eigenvalue weighted by atomic mass is 9.77. The topological polar surface area (TPSA) is 160 Å². The Morgan fingerprint density at radius 3 is 2.10 bits per heavy atom. The molecule has 0 aliphatic carbocycles. The van der Waals surface area contributed by atoms with E-state index in [1.165, 1.54) is 35.1 Å². The minimum atomic E-state index is -1.27. The molecule has 2 saturated heterocycles. The van der Waals surface area contributed by atoms with Crippen LogP contribution in [0.15, 0.2) is 113 Å². The van der Waals surface area contributed by atoms with Gasteiger partial charge in [0.15, 0.2) is 10.8 Å². The second kappa shape index (κ2) is 13.8. The van der Waals surface area contributed by atoms with Gasteiger partial charge in [-0.15, -0.1) is 23.1 Å². The highest BCUT2D eigenvalue weighted by Gasteiger charge is 2.55. The van der Waals surface area contributed by atoms with E-state index >= 15 is 0 Å². The van der Waals surface area contributed by atoms with Crippen molar-refractivity contribution in [3.05, 3.63) is 130 Å². The Balaban J connectivity index is 1.16. The van der Waals surface area contributed by atoms with Crippen LogP contribution >= 0.6 is 23.1 Å². The Kier molecular flexibility index (Phi) is 9.12. The van der Waals surface area contributed by atoms with Crippen LogP contribution in [0.2, 0.25) is 0 Å². The number of carbonyl (C=O) groups is 4. The van der Waals surface area contributed by atoms with Crippen molar-refractivity contribution in [2.24, 2.45) is 11.1 Å². The van der Waals surface area contributed by atoms with Crippen molar-refractivity contribution in [1.82, 2.24) is 15.2 Å². The zero-order chi connectivity index (χ0) is 34.8. The monoisotopic (exact) mass is 709 g/mol. The average Bonchev–Trinajstić information content (AvgIpc) is 3.80. The number of thiazole rings is 1. The number of aromatic nitrogens is 1. The Bertz CT molecular complexity index is 1910. The number of fused-ring (bicyclic) bond motifs is 1. The SMILES string of the molecule is CO/N=C(\C(=O)N[C@@H]1C(=O)N2C(C(=O)O)=C(C3COC(=O)C3)CS[C@H]12)c1csc(NC(c2ccccc2)(c2ccccc2)c2ccccc2)n1. The van der Waals surface area contributed by atoms with Crippen molar-refractivity contribution in [3.63, 3.8) is 0 Å². The molecule has 3 N–H and O–H groups in total. The van der Waals surface area contributed by atoms with Crippen molar-refractivity contribution in [2.45, 2.75) is 23.4 Å². The van der Waals surface area contributed by atoms with Gasteiger partial charge in [0.05, 0.1) is 13.0 Å². The van der Waals surface area contributed by atoms with Gasteiger partial charge in [0.2, 0.25) is 0 Å². The molecule has 12 nitrogen and oxygen atoms in total. The summed E-state index contributed by atoms with van der Waals surface area (Å²) in [5.41, 5.74) is 2.45. The van der Waals surface area contributed by atoms with Crippen LogP contribution in [0.4, 0.5) is 5.13 Å². The number of carboxylic acids is 1. The fourth-order valence-corrected chi connectivity index (χ4v) is 8.79. The highest BCUT2D eigenvalue weighted by Crippen LogP contribution is 2.44. The molecule has 0 saturated carbocycles. The van der Waals surface area contributed by atoms with E-state index in [9.17, 15) is 24.3 Å². The molecule has 4 aromatic rings. The van der Waals surface area contributed by atoms with Gasteiger partial charge in [-0.1, -0.05) is 96.2 Å². The maximum absolute atomic E-state index is 13.7. The first-order valence-electron chi connectivity index (χ1n) is 15.7. The molecule has 0 radical (unpaired) electrons. The Morgan fingerprint density at radius 1 is 0.980 bits per heavy atom. The molecule has 2 fully saturated rings. The number of anilines is 1. The summed E-state index contributed by atoms with van der Waals surface area (Å²) in [6.45, 7) is 0.0723. The van der Waals surface area contributed by atoms with Crippen molar-refractivity contribution >= 4 is 57.7 Å². The maximum Gasteiger partial charge on any atom is 0.352 e. The Hall–Kier alpha value is -5.47. The largest absolute Gasteiger partial charge is 0.477 e. The number of carbonyl (C=O) groups excluding carboxylic acids is 3. The zero-order valence-electron chi connectivity index (χ0n) is 26.6. The highest BCUT2D eigenvalue weighted by atomic mass is 32.2. The van der Waals surface area contributed by atoms with E-state index in [0.29, 0.717) is 10.7 Å². The molecular weight excluding hydrogens is 679 g/mol. The normalized spacial score (nSPS) is 20.5. The van der Waals surface area contributed by atoms with Crippen molar-refractivity contribution < 1.29 is 33.9 Å². The molecule has 0 spiro atoms. The molecule has 3 aliphatic heterocycles. The summed E-state index contributed by atoms with van der Waals surface area (Å²) in [6.07, 6.45) is 0.0596. The summed E-state index contributed by atoms with van der Waals surface area (Å²) in [4.78, 5) is 62.1. The van der Waals surface area contributed by atoms with Crippen LogP contribution in [0.3, 0.4) is 0 Å². The van der Waals surface area contributed by atoms with Crippen molar-refractivity contribution in [2.75, 3.05) is 24.8 Å². The number of oxime groups is 1. The number of rotatable bonds is 11. The van der Waals surface area contributed by atoms with Gasteiger partial charge in [-0.2, -0.15) is 0 Å². The lowest BCUT2D eigenvalue weighted by Gasteiger charge is -2.49. The zero-order valence-corrected chi connectivity index (χ0v) is 28.3. The number of esters is 1. The highest BCUT2D eigenvalue weighted by molar-refractivity contribution is 8.00. The number of nitrogens with one attached hydrogen (secondary N) is 2. The van der Waals surface area contributed by atoms with Crippen molar-refractivity contribution in [1.29, 1.82) is 0 Å². The van der Waals surface area contributed by atoms with Crippen LogP contribution in [0.1, 0.15) is 28.8 Å². The van der Waals surface area contributed by atoms with Crippen LogP contribution in [0, 0.1) is 5.92 Å². The van der Waals surface area contributed by atoms with E-state index in [4.69, 9.17) is 14.6 Å². The summed E-state index contributed by atoms with van der Waals surface area (Å²) in [5.74, 6) is -3.10. The van der Waals surface area contributed by atoms with Gasteiger partial charge in [-0.3, -0.25) is 19.3 Å². The second-order valence-corrected chi connectivity index (χ2v) is 13.7. The molecule has 254 valence electrons. The van der Waals surface area contributed by atoms with E-state index in [1.54, 1.807) is 5.38 Å². The minimum absolute atomic E-state index is 0.0596. The smallest absolute Gasteiger partial charge is 0.352 e. The predicted octanol–water partition coefficient (Wildman–Crippen LogP) is 4.20. The first kappa shape index (κ1) is 33.0. The van der Waals surface area contributed by atoms with Gasteiger partial charge < -0.3 is 25.3 Å². The predicted molar refractivity (Wildman–Crippen MR) is 187 cm³/mol. The third-order valence-electron chi connectivity index (χ3n) is 8.90. The Labute approximate surface area is 295 Å². The van der Waals surface area contributed by atoms with E-state index in [-0.39, 0.29) is 35.9 Å². The molecule has 3 aliphatic rings. The molecule has 1 aromatic heterocycles. The maximum atomic E-state index is 13.7. The third-order valence-corrected chi connectivity index (χ3v) is 11.0. The second-order valence-electron chi connectivity index (χ2n) is 11.8. The van der Waals surface area contributed by atoms with Gasteiger partial charge >= 0.3 is 11.9 Å². The number of benzene rings is 3. The quantitative estimate of drug-likeness (QED) is 0.0678. The number of ether oxygens (including phenoxy) is 1. The summed E-state index contributed by atoms with van der Waals surface area (Å²) in [7, 11) is 1.31. The molecule has 14 heteroatoms. The molecule has 1 unspecified atom stereocenters. The van der Waals surface area contributed by atoms with Crippen molar-refractivity contribution in [3.8, 4) is 0 Å². The lowest BCUT2D eigenvalue weighted by molar-refractivity contribution is -0.150. The number of thioether (sulfide) groups is 1. The number of hydrogen-bond donors (Lipinski definition) is 3. The van der Waals surface area contributed by atoms with Gasteiger partial charge in [0.1, 0.15) is 35.5 Å². The molecule has 3 atom stereocenters. The third kappa shape index (κ3) is 5.90.